The van der Waals surface area contributed by atoms with Gasteiger partial charge in [0.05, 0.1) is 39.2 Å². The first kappa shape index (κ1) is 28.3. The quantitative estimate of drug-likeness (QED) is 0.267. The number of aromatic nitrogens is 5. The third kappa shape index (κ3) is 6.05. The molecule has 2 amide bonds. The van der Waals surface area contributed by atoms with Crippen molar-refractivity contribution in [3.63, 3.8) is 0 Å². The van der Waals surface area contributed by atoms with E-state index in [0.717, 1.165) is 36.7 Å². The van der Waals surface area contributed by atoms with Gasteiger partial charge in [-0.05, 0) is 81.0 Å². The molecule has 1 saturated carbocycles. The van der Waals surface area contributed by atoms with Gasteiger partial charge >= 0.3 is 5.69 Å². The van der Waals surface area contributed by atoms with Crippen molar-refractivity contribution in [1.82, 2.24) is 29.4 Å². The number of nitrogens with zero attached hydrogens (tertiary/aromatic N) is 5. The minimum Gasteiger partial charge on any atom is -0.349 e. The van der Waals surface area contributed by atoms with Crippen molar-refractivity contribution in [2.24, 2.45) is 5.92 Å². The summed E-state index contributed by atoms with van der Waals surface area (Å²) in [6.45, 7) is 2.37. The van der Waals surface area contributed by atoms with E-state index in [-0.39, 0.29) is 35.2 Å². The molecule has 0 saturated heterocycles. The molecule has 0 unspecified atom stereocenters. The average Bonchev–Trinajstić information content (AvgIpc) is 3.30. The summed E-state index contributed by atoms with van der Waals surface area (Å²) in [4.78, 5) is 51.8. The van der Waals surface area contributed by atoms with E-state index in [1.165, 1.54) is 6.20 Å². The first-order valence-corrected chi connectivity index (χ1v) is 14.6. The van der Waals surface area contributed by atoms with Gasteiger partial charge in [0.15, 0.2) is 0 Å². The molecule has 1 aromatic carbocycles. The predicted molar refractivity (Wildman–Crippen MR) is 165 cm³/mol. The topological polar surface area (TPSA) is 124 Å². The number of anilines is 1. The summed E-state index contributed by atoms with van der Waals surface area (Å²) < 4.78 is 3.46. The van der Waals surface area contributed by atoms with E-state index in [4.69, 9.17) is 11.6 Å². The molecule has 4 aromatic heterocycles. The first-order chi connectivity index (χ1) is 20.9. The fourth-order valence-electron chi connectivity index (χ4n) is 5.67. The summed E-state index contributed by atoms with van der Waals surface area (Å²) in [5.41, 5.74) is 4.03. The van der Waals surface area contributed by atoms with Gasteiger partial charge in [-0.1, -0.05) is 23.7 Å². The minimum atomic E-state index is -0.348. The van der Waals surface area contributed by atoms with Gasteiger partial charge in [0.1, 0.15) is 5.69 Å². The molecular formula is C32H30ClN7O3. The van der Waals surface area contributed by atoms with Crippen molar-refractivity contribution in [2.45, 2.75) is 45.2 Å². The Hall–Kier alpha value is -4.83. The largest absolute Gasteiger partial charge is 0.349 e. The molecule has 1 aliphatic carbocycles. The van der Waals surface area contributed by atoms with E-state index in [2.05, 4.69) is 25.6 Å². The third-order valence-electron chi connectivity index (χ3n) is 7.93. The summed E-state index contributed by atoms with van der Waals surface area (Å²) in [6.07, 6.45) is 9.68. The van der Waals surface area contributed by atoms with Gasteiger partial charge in [-0.3, -0.25) is 28.7 Å². The van der Waals surface area contributed by atoms with E-state index >= 15 is 0 Å². The number of nitrogens with one attached hydrogen (secondary N) is 2. The second kappa shape index (κ2) is 12.2. The van der Waals surface area contributed by atoms with Crippen LogP contribution in [0.5, 0.6) is 0 Å². The van der Waals surface area contributed by atoms with Gasteiger partial charge in [-0.25, -0.2) is 9.78 Å². The molecule has 6 rings (SSSR count). The zero-order chi connectivity index (χ0) is 29.9. The standard InChI is InChI=1S/C32H30ClN7O3/c1-20-26(16-22(33)17-35-20)30(41)37-23-8-6-21(7-9-23)19-39-28-4-2-3-5-29(28)40(32(39)43)25-10-11-27(36-18-25)31(42)38-24-12-14-34-15-13-24/h2-5,10-18,21,23H,6-9,19H2,1H3,(H,37,41)(H,34,38,42). The summed E-state index contributed by atoms with van der Waals surface area (Å²) >= 11 is 6.05. The zero-order valence-electron chi connectivity index (χ0n) is 23.5. The highest BCUT2D eigenvalue weighted by Crippen LogP contribution is 2.28. The van der Waals surface area contributed by atoms with Gasteiger partial charge in [-0.2, -0.15) is 0 Å². The predicted octanol–water partition coefficient (Wildman–Crippen LogP) is 5.18. The van der Waals surface area contributed by atoms with Crippen LogP contribution in [0.1, 0.15) is 52.2 Å². The van der Waals surface area contributed by atoms with Crippen molar-refractivity contribution in [3.8, 4) is 5.69 Å². The molecule has 218 valence electrons. The highest BCUT2D eigenvalue weighted by Gasteiger charge is 2.26. The Morgan fingerprint density at radius 1 is 0.930 bits per heavy atom. The zero-order valence-corrected chi connectivity index (χ0v) is 24.3. The monoisotopic (exact) mass is 595 g/mol. The van der Waals surface area contributed by atoms with E-state index in [9.17, 15) is 14.4 Å². The van der Waals surface area contributed by atoms with E-state index < -0.39 is 0 Å². The number of carbonyl (C=O) groups is 2. The number of halogens is 1. The van der Waals surface area contributed by atoms with E-state index in [0.29, 0.717) is 34.2 Å². The number of rotatable bonds is 7. The molecule has 0 bridgehead atoms. The molecule has 43 heavy (non-hydrogen) atoms. The lowest BCUT2D eigenvalue weighted by Crippen LogP contribution is -2.39. The Labute approximate surface area is 252 Å². The van der Waals surface area contributed by atoms with Crippen LogP contribution in [-0.2, 0) is 6.54 Å². The minimum absolute atomic E-state index is 0.0561. The SMILES string of the molecule is Cc1ncc(Cl)cc1C(=O)NC1CCC(Cn2c(=O)n(-c3ccc(C(=O)Nc4ccncc4)nc3)c3ccccc32)CC1. The normalized spacial score (nSPS) is 16.6. The Balaban J connectivity index is 1.15. The Morgan fingerprint density at radius 3 is 2.40 bits per heavy atom. The van der Waals surface area contributed by atoms with E-state index in [1.54, 1.807) is 60.4 Å². The van der Waals surface area contributed by atoms with Gasteiger partial charge in [0, 0.05) is 36.9 Å². The highest BCUT2D eigenvalue weighted by molar-refractivity contribution is 6.30. The molecular weight excluding hydrogens is 566 g/mol. The molecule has 0 spiro atoms. The number of pyridine rings is 3. The third-order valence-corrected chi connectivity index (χ3v) is 8.14. The fourth-order valence-corrected chi connectivity index (χ4v) is 5.82. The van der Waals surface area contributed by atoms with Crippen molar-refractivity contribution in [2.75, 3.05) is 5.32 Å². The number of carbonyl (C=O) groups excluding carboxylic acids is 2. The van der Waals surface area contributed by atoms with Crippen LogP contribution in [0.15, 0.2) is 84.2 Å². The lowest BCUT2D eigenvalue weighted by molar-refractivity contribution is 0.0918. The first-order valence-electron chi connectivity index (χ1n) is 14.2. The van der Waals surface area contributed by atoms with Gasteiger partial charge in [-0.15, -0.1) is 0 Å². The molecule has 4 heterocycles. The van der Waals surface area contributed by atoms with Crippen LogP contribution in [0.25, 0.3) is 16.7 Å². The maximum atomic E-state index is 13.8. The summed E-state index contributed by atoms with van der Waals surface area (Å²) in [5, 5.41) is 6.35. The van der Waals surface area contributed by atoms with Crippen molar-refractivity contribution in [3.05, 3.63) is 112 Å². The van der Waals surface area contributed by atoms with Crippen LogP contribution in [0.4, 0.5) is 5.69 Å². The number of aryl methyl sites for hydroxylation is 1. The number of amides is 2. The van der Waals surface area contributed by atoms with Crippen molar-refractivity contribution >= 4 is 40.1 Å². The molecule has 10 nitrogen and oxygen atoms in total. The number of benzene rings is 1. The molecule has 5 aromatic rings. The highest BCUT2D eigenvalue weighted by atomic mass is 35.5. The Kier molecular flexibility index (Phi) is 8.02. The molecule has 11 heteroatoms. The molecule has 1 aliphatic rings. The number of fused-ring (bicyclic) bond motifs is 1. The second-order valence-corrected chi connectivity index (χ2v) is 11.2. The number of para-hydroxylation sites is 2. The van der Waals surface area contributed by atoms with Crippen LogP contribution in [0, 0.1) is 12.8 Å². The lowest BCUT2D eigenvalue weighted by Gasteiger charge is -2.29. The summed E-state index contributed by atoms with van der Waals surface area (Å²) in [7, 11) is 0. The smallest absolute Gasteiger partial charge is 0.333 e. The van der Waals surface area contributed by atoms with Crippen LogP contribution in [-0.4, -0.2) is 41.9 Å². The molecule has 2 N–H and O–H groups in total. The molecule has 0 atom stereocenters. The van der Waals surface area contributed by atoms with Crippen molar-refractivity contribution in [1.29, 1.82) is 0 Å². The molecule has 0 radical (unpaired) electrons. The summed E-state index contributed by atoms with van der Waals surface area (Å²) in [5.74, 6) is -0.222. The maximum absolute atomic E-state index is 13.8. The van der Waals surface area contributed by atoms with E-state index in [1.807, 2.05) is 28.8 Å². The van der Waals surface area contributed by atoms with Crippen molar-refractivity contribution < 1.29 is 9.59 Å². The fraction of sp³-hybridized carbons (Fsp3) is 0.250. The Bertz CT molecular complexity index is 1840. The number of imidazole rings is 1. The average molecular weight is 596 g/mol. The maximum Gasteiger partial charge on any atom is 0.333 e. The van der Waals surface area contributed by atoms with Crippen LogP contribution in [0.2, 0.25) is 5.02 Å². The second-order valence-electron chi connectivity index (χ2n) is 10.8. The van der Waals surface area contributed by atoms with Crippen LogP contribution in [0.3, 0.4) is 0 Å². The van der Waals surface area contributed by atoms with Gasteiger partial charge in [0.2, 0.25) is 0 Å². The number of hydrogen-bond donors (Lipinski definition) is 2. The lowest BCUT2D eigenvalue weighted by atomic mass is 9.85. The van der Waals surface area contributed by atoms with Crippen LogP contribution >= 0.6 is 11.6 Å². The Morgan fingerprint density at radius 2 is 1.67 bits per heavy atom. The summed E-state index contributed by atoms with van der Waals surface area (Å²) in [6, 6.07) is 16.1. The van der Waals surface area contributed by atoms with Gasteiger partial charge in [0.25, 0.3) is 11.8 Å². The van der Waals surface area contributed by atoms with Gasteiger partial charge < -0.3 is 10.6 Å². The van der Waals surface area contributed by atoms with Crippen LogP contribution < -0.4 is 16.3 Å². The number of hydrogen-bond acceptors (Lipinski definition) is 6. The molecule has 1 fully saturated rings. The molecule has 0 aliphatic heterocycles.